The number of amides is 1. The second-order valence-corrected chi connectivity index (χ2v) is 6.45. The van der Waals surface area contributed by atoms with E-state index < -0.39 is 17.5 Å². The van der Waals surface area contributed by atoms with Crippen molar-refractivity contribution in [2.45, 2.75) is 32.1 Å². The van der Waals surface area contributed by atoms with Crippen molar-refractivity contribution in [3.8, 4) is 0 Å². The number of benzene rings is 1. The number of carboxylic acid groups (broad SMARTS) is 2. The largest absolute Gasteiger partial charge is 0.481 e. The second-order valence-electron chi connectivity index (χ2n) is 6.02. The van der Waals surface area contributed by atoms with E-state index in [9.17, 15) is 14.7 Å². The van der Waals surface area contributed by atoms with Gasteiger partial charge in [-0.2, -0.15) is 0 Å². The highest BCUT2D eigenvalue weighted by Gasteiger charge is 2.42. The lowest BCUT2D eigenvalue weighted by atomic mass is 9.69. The molecule has 0 saturated heterocycles. The summed E-state index contributed by atoms with van der Waals surface area (Å²) in [6.07, 6.45) is 2.30. The molecule has 1 aliphatic rings. The number of hydrogen-bond donors (Lipinski definition) is 3. The summed E-state index contributed by atoms with van der Waals surface area (Å²) in [5.41, 5.74) is 0.232. The van der Waals surface area contributed by atoms with E-state index in [1.54, 1.807) is 0 Å². The van der Waals surface area contributed by atoms with Crippen LogP contribution in [0, 0.1) is 11.3 Å². The van der Waals surface area contributed by atoms with E-state index in [1.165, 1.54) is 5.56 Å². The van der Waals surface area contributed by atoms with E-state index in [4.69, 9.17) is 16.7 Å². The summed E-state index contributed by atoms with van der Waals surface area (Å²) in [7, 11) is 0. The minimum Gasteiger partial charge on any atom is -0.481 e. The molecule has 0 aromatic heterocycles. The van der Waals surface area contributed by atoms with Crippen LogP contribution in [-0.4, -0.2) is 28.8 Å². The highest BCUT2D eigenvalue weighted by atomic mass is 35.5. The third-order valence-electron chi connectivity index (χ3n) is 4.53. The number of aliphatic carboxylic acids is 1. The Labute approximate surface area is 134 Å². The van der Waals surface area contributed by atoms with E-state index in [-0.39, 0.29) is 6.54 Å². The first-order chi connectivity index (χ1) is 10.4. The van der Waals surface area contributed by atoms with Crippen LogP contribution in [0.25, 0.3) is 0 Å². The number of nitrogens with one attached hydrogen (secondary N) is 1. The van der Waals surface area contributed by atoms with Crippen LogP contribution in [0.3, 0.4) is 0 Å². The topological polar surface area (TPSA) is 86.6 Å². The average Bonchev–Trinajstić information content (AvgIpc) is 2.49. The number of halogens is 1. The first kappa shape index (κ1) is 16.6. The monoisotopic (exact) mass is 325 g/mol. The molecule has 120 valence electrons. The molecule has 1 fully saturated rings. The molecule has 1 aromatic carbocycles. The van der Waals surface area contributed by atoms with Crippen LogP contribution >= 0.6 is 11.6 Å². The van der Waals surface area contributed by atoms with Gasteiger partial charge in [-0.25, -0.2) is 4.79 Å². The van der Waals surface area contributed by atoms with Crippen LogP contribution < -0.4 is 5.32 Å². The van der Waals surface area contributed by atoms with Gasteiger partial charge in [-0.1, -0.05) is 23.7 Å². The summed E-state index contributed by atoms with van der Waals surface area (Å²) < 4.78 is 0. The maximum atomic E-state index is 11.5. The first-order valence-corrected chi connectivity index (χ1v) is 7.74. The molecule has 0 bridgehead atoms. The molecule has 1 amide bonds. The molecule has 1 aliphatic carbocycles. The van der Waals surface area contributed by atoms with Crippen LogP contribution in [-0.2, 0) is 11.2 Å². The molecule has 0 aliphatic heterocycles. The Hall–Kier alpha value is -1.75. The molecule has 2 rings (SSSR count). The summed E-state index contributed by atoms with van der Waals surface area (Å²) in [6.45, 7) is -0.0225. The average molecular weight is 326 g/mol. The van der Waals surface area contributed by atoms with Crippen molar-refractivity contribution in [3.05, 3.63) is 34.9 Å². The number of carboxylic acids is 1. The van der Waals surface area contributed by atoms with Crippen LogP contribution in [0.1, 0.15) is 31.2 Å². The second kappa shape index (κ2) is 7.01. The Balaban J connectivity index is 1.93. The highest BCUT2D eigenvalue weighted by Crippen LogP contribution is 2.40. The van der Waals surface area contributed by atoms with E-state index >= 15 is 0 Å². The molecule has 0 atom stereocenters. The first-order valence-electron chi connectivity index (χ1n) is 7.36. The molecule has 0 spiro atoms. The third kappa shape index (κ3) is 4.13. The van der Waals surface area contributed by atoms with E-state index in [0.29, 0.717) is 23.8 Å². The van der Waals surface area contributed by atoms with Gasteiger partial charge in [0.25, 0.3) is 0 Å². The van der Waals surface area contributed by atoms with Gasteiger partial charge in [-0.3, -0.25) is 4.79 Å². The van der Waals surface area contributed by atoms with Gasteiger partial charge >= 0.3 is 12.1 Å². The normalized spacial score (nSPS) is 24.7. The van der Waals surface area contributed by atoms with Crippen molar-refractivity contribution < 1.29 is 19.8 Å². The van der Waals surface area contributed by atoms with Crippen molar-refractivity contribution in [1.29, 1.82) is 0 Å². The van der Waals surface area contributed by atoms with Crippen molar-refractivity contribution in [2.75, 3.05) is 6.54 Å². The number of hydrogen-bond acceptors (Lipinski definition) is 2. The van der Waals surface area contributed by atoms with Crippen LogP contribution in [0.15, 0.2) is 24.3 Å². The molecule has 0 heterocycles. The smallest absolute Gasteiger partial charge is 0.404 e. The Morgan fingerprint density at radius 3 is 2.27 bits per heavy atom. The van der Waals surface area contributed by atoms with Gasteiger partial charge in [0.15, 0.2) is 0 Å². The van der Waals surface area contributed by atoms with Crippen molar-refractivity contribution in [2.24, 2.45) is 11.3 Å². The molecule has 6 heteroatoms. The lowest BCUT2D eigenvalue weighted by molar-refractivity contribution is -0.151. The molecule has 22 heavy (non-hydrogen) atoms. The predicted molar refractivity (Wildman–Crippen MR) is 83.2 cm³/mol. The fraction of sp³-hybridized carbons (Fsp3) is 0.500. The zero-order valence-corrected chi connectivity index (χ0v) is 13.0. The Morgan fingerprint density at radius 2 is 1.77 bits per heavy atom. The van der Waals surface area contributed by atoms with Crippen molar-refractivity contribution in [3.63, 3.8) is 0 Å². The van der Waals surface area contributed by atoms with Crippen LogP contribution in [0.5, 0.6) is 0 Å². The minimum absolute atomic E-state index is 0.0225. The Bertz CT molecular complexity index is 536. The van der Waals surface area contributed by atoms with Crippen molar-refractivity contribution >= 4 is 23.7 Å². The fourth-order valence-corrected chi connectivity index (χ4v) is 3.23. The fourth-order valence-electron chi connectivity index (χ4n) is 3.10. The van der Waals surface area contributed by atoms with Gasteiger partial charge in [0.1, 0.15) is 0 Å². The van der Waals surface area contributed by atoms with E-state index in [2.05, 4.69) is 5.32 Å². The van der Waals surface area contributed by atoms with Gasteiger partial charge in [0, 0.05) is 11.6 Å². The highest BCUT2D eigenvalue weighted by molar-refractivity contribution is 6.30. The van der Waals surface area contributed by atoms with Gasteiger partial charge in [-0.15, -0.1) is 0 Å². The molecule has 5 nitrogen and oxygen atoms in total. The third-order valence-corrected chi connectivity index (χ3v) is 4.78. The quantitative estimate of drug-likeness (QED) is 0.774. The zero-order chi connectivity index (χ0) is 16.2. The zero-order valence-electron chi connectivity index (χ0n) is 12.2. The van der Waals surface area contributed by atoms with Crippen LogP contribution in [0.4, 0.5) is 4.79 Å². The lowest BCUT2D eigenvalue weighted by Gasteiger charge is -2.36. The summed E-state index contributed by atoms with van der Waals surface area (Å²) >= 11 is 5.87. The molecular weight excluding hydrogens is 306 g/mol. The van der Waals surface area contributed by atoms with Gasteiger partial charge in [-0.05, 0) is 55.7 Å². The minimum atomic E-state index is -1.18. The predicted octanol–water partition coefficient (Wildman–Crippen LogP) is 3.41. The summed E-state index contributed by atoms with van der Waals surface area (Å²) in [6, 6.07) is 7.71. The summed E-state index contributed by atoms with van der Waals surface area (Å²) in [5.74, 6) is -0.482. The molecular formula is C16H20ClNO4. The number of rotatable bonds is 5. The SMILES string of the molecule is O=C(O)NC[C@]1(C(=O)O)CC[C@H](Cc2ccc(Cl)cc2)CC1. The lowest BCUT2D eigenvalue weighted by Crippen LogP contribution is -2.45. The summed E-state index contributed by atoms with van der Waals surface area (Å²) in [4.78, 5) is 22.2. The number of carbonyl (C=O) groups is 2. The standard InChI is InChI=1S/C16H20ClNO4/c17-13-3-1-11(2-4-13)9-12-5-7-16(8-6-12,14(19)20)10-18-15(21)22/h1-4,12,18H,5-10H2,(H,19,20)(H,21,22)/t12-,16-. The maximum absolute atomic E-state index is 11.5. The maximum Gasteiger partial charge on any atom is 0.404 e. The van der Waals surface area contributed by atoms with E-state index in [0.717, 1.165) is 19.3 Å². The van der Waals surface area contributed by atoms with Crippen molar-refractivity contribution in [1.82, 2.24) is 5.32 Å². The van der Waals surface area contributed by atoms with Gasteiger partial charge in [0.2, 0.25) is 0 Å². The Morgan fingerprint density at radius 1 is 1.18 bits per heavy atom. The Kier molecular flexibility index (Phi) is 5.29. The molecule has 0 radical (unpaired) electrons. The van der Waals surface area contributed by atoms with Crippen LogP contribution in [0.2, 0.25) is 5.02 Å². The molecule has 3 N–H and O–H groups in total. The molecule has 1 aromatic rings. The van der Waals surface area contributed by atoms with Gasteiger partial charge < -0.3 is 15.5 Å². The summed E-state index contributed by atoms with van der Waals surface area (Å²) in [5, 5.41) is 21.1. The molecule has 1 saturated carbocycles. The van der Waals surface area contributed by atoms with E-state index in [1.807, 2.05) is 24.3 Å². The van der Waals surface area contributed by atoms with Gasteiger partial charge in [0.05, 0.1) is 5.41 Å². The molecule has 0 unspecified atom stereocenters.